The molecular formula is C11H18N2. The van der Waals surface area contributed by atoms with Gasteiger partial charge in [-0.15, -0.1) is 0 Å². The molecule has 72 valence electrons. The first-order valence-electron chi connectivity index (χ1n) is 4.81. The lowest BCUT2D eigenvalue weighted by Gasteiger charge is -2.19. The van der Waals surface area contributed by atoms with Crippen molar-refractivity contribution in [3.8, 4) is 0 Å². The van der Waals surface area contributed by atoms with Crippen LogP contribution in [-0.2, 0) is 6.42 Å². The first kappa shape index (κ1) is 10.2. The standard InChI is InChI=1S/C11H18N2/c1-9(2)11(12-3)8-10-6-4-5-7-13-10/h4-7,9,11-12H,8H2,1-3H3. The van der Waals surface area contributed by atoms with Gasteiger partial charge in [-0.3, -0.25) is 4.98 Å². The molecule has 0 radical (unpaired) electrons. The van der Waals surface area contributed by atoms with Gasteiger partial charge in [-0.2, -0.15) is 0 Å². The summed E-state index contributed by atoms with van der Waals surface area (Å²) in [6, 6.07) is 6.59. The van der Waals surface area contributed by atoms with Crippen molar-refractivity contribution in [1.29, 1.82) is 0 Å². The van der Waals surface area contributed by atoms with Gasteiger partial charge in [0, 0.05) is 24.4 Å². The molecule has 1 atom stereocenters. The Kier molecular flexibility index (Phi) is 3.90. The Bertz CT molecular complexity index is 231. The highest BCUT2D eigenvalue weighted by molar-refractivity contribution is 5.05. The summed E-state index contributed by atoms with van der Waals surface area (Å²) in [4.78, 5) is 4.31. The Labute approximate surface area is 80.4 Å². The van der Waals surface area contributed by atoms with E-state index in [1.165, 1.54) is 0 Å². The minimum absolute atomic E-state index is 0.523. The van der Waals surface area contributed by atoms with Gasteiger partial charge in [0.25, 0.3) is 0 Å². The number of pyridine rings is 1. The third-order valence-corrected chi connectivity index (χ3v) is 2.33. The maximum atomic E-state index is 4.31. The van der Waals surface area contributed by atoms with E-state index in [4.69, 9.17) is 0 Å². The van der Waals surface area contributed by atoms with E-state index < -0.39 is 0 Å². The molecule has 1 aromatic rings. The molecule has 0 bridgehead atoms. The van der Waals surface area contributed by atoms with Crippen molar-refractivity contribution in [2.75, 3.05) is 7.05 Å². The normalized spacial score (nSPS) is 13.2. The van der Waals surface area contributed by atoms with Gasteiger partial charge in [0.2, 0.25) is 0 Å². The number of hydrogen-bond acceptors (Lipinski definition) is 2. The quantitative estimate of drug-likeness (QED) is 0.761. The second kappa shape index (κ2) is 4.97. The fourth-order valence-electron chi connectivity index (χ4n) is 1.42. The van der Waals surface area contributed by atoms with Gasteiger partial charge in [-0.05, 0) is 25.1 Å². The average Bonchev–Trinajstić information content (AvgIpc) is 2.15. The van der Waals surface area contributed by atoms with Gasteiger partial charge in [-0.1, -0.05) is 19.9 Å². The van der Waals surface area contributed by atoms with Crippen LogP contribution in [0.1, 0.15) is 19.5 Å². The molecular weight excluding hydrogens is 160 g/mol. The van der Waals surface area contributed by atoms with Crippen LogP contribution in [0.4, 0.5) is 0 Å². The van der Waals surface area contributed by atoms with E-state index in [-0.39, 0.29) is 0 Å². The summed E-state index contributed by atoms with van der Waals surface area (Å²) in [5.41, 5.74) is 1.16. The number of nitrogens with one attached hydrogen (secondary N) is 1. The van der Waals surface area contributed by atoms with Crippen LogP contribution in [-0.4, -0.2) is 18.1 Å². The molecule has 2 heteroatoms. The van der Waals surface area contributed by atoms with E-state index >= 15 is 0 Å². The van der Waals surface area contributed by atoms with Crippen molar-refractivity contribution in [3.05, 3.63) is 30.1 Å². The number of nitrogens with zero attached hydrogens (tertiary/aromatic N) is 1. The zero-order chi connectivity index (χ0) is 9.68. The number of likely N-dealkylation sites (N-methyl/N-ethyl adjacent to an activating group) is 1. The molecule has 13 heavy (non-hydrogen) atoms. The molecule has 0 aliphatic heterocycles. The third kappa shape index (κ3) is 3.15. The lowest BCUT2D eigenvalue weighted by molar-refractivity contribution is 0.421. The van der Waals surface area contributed by atoms with Gasteiger partial charge in [0.15, 0.2) is 0 Å². The van der Waals surface area contributed by atoms with Gasteiger partial charge in [0.1, 0.15) is 0 Å². The summed E-state index contributed by atoms with van der Waals surface area (Å²) in [6.07, 6.45) is 2.86. The van der Waals surface area contributed by atoms with E-state index in [2.05, 4.69) is 30.2 Å². The maximum absolute atomic E-state index is 4.31. The monoisotopic (exact) mass is 178 g/mol. The first-order chi connectivity index (χ1) is 6.24. The van der Waals surface area contributed by atoms with E-state index in [0.717, 1.165) is 12.1 Å². The number of rotatable bonds is 4. The van der Waals surface area contributed by atoms with Crippen molar-refractivity contribution in [2.45, 2.75) is 26.3 Å². The predicted octanol–water partition coefficient (Wildman–Crippen LogP) is 1.87. The van der Waals surface area contributed by atoms with Gasteiger partial charge >= 0.3 is 0 Å². The summed E-state index contributed by atoms with van der Waals surface area (Å²) in [5, 5.41) is 3.31. The van der Waals surface area contributed by atoms with Gasteiger partial charge in [-0.25, -0.2) is 0 Å². The lowest BCUT2D eigenvalue weighted by atomic mass is 9.99. The predicted molar refractivity (Wildman–Crippen MR) is 55.6 cm³/mol. The Morgan fingerprint density at radius 2 is 2.15 bits per heavy atom. The van der Waals surface area contributed by atoms with Crippen LogP contribution in [0.3, 0.4) is 0 Å². The van der Waals surface area contributed by atoms with Crippen LogP contribution in [0.25, 0.3) is 0 Å². The summed E-state index contributed by atoms with van der Waals surface area (Å²) in [7, 11) is 2.01. The van der Waals surface area contributed by atoms with E-state index in [1.54, 1.807) is 0 Å². The number of hydrogen-bond donors (Lipinski definition) is 1. The Morgan fingerprint density at radius 1 is 1.38 bits per heavy atom. The zero-order valence-corrected chi connectivity index (χ0v) is 8.62. The second-order valence-electron chi connectivity index (χ2n) is 3.66. The van der Waals surface area contributed by atoms with Crippen LogP contribution in [0.15, 0.2) is 24.4 Å². The Balaban J connectivity index is 2.57. The largest absolute Gasteiger partial charge is 0.316 e. The minimum atomic E-state index is 0.523. The fourth-order valence-corrected chi connectivity index (χ4v) is 1.42. The van der Waals surface area contributed by atoms with Crippen LogP contribution in [0, 0.1) is 5.92 Å². The molecule has 0 fully saturated rings. The highest BCUT2D eigenvalue weighted by Crippen LogP contribution is 2.07. The molecule has 1 rings (SSSR count). The molecule has 1 N–H and O–H groups in total. The minimum Gasteiger partial charge on any atom is -0.316 e. The van der Waals surface area contributed by atoms with Crippen LogP contribution >= 0.6 is 0 Å². The Morgan fingerprint density at radius 3 is 2.62 bits per heavy atom. The molecule has 2 nitrogen and oxygen atoms in total. The summed E-state index contributed by atoms with van der Waals surface area (Å²) in [6.45, 7) is 4.45. The highest BCUT2D eigenvalue weighted by Gasteiger charge is 2.11. The van der Waals surface area contributed by atoms with E-state index in [1.807, 2.05) is 25.4 Å². The SMILES string of the molecule is CNC(Cc1ccccn1)C(C)C. The molecule has 0 saturated heterocycles. The fraction of sp³-hybridized carbons (Fsp3) is 0.545. The third-order valence-electron chi connectivity index (χ3n) is 2.33. The second-order valence-corrected chi connectivity index (χ2v) is 3.66. The zero-order valence-electron chi connectivity index (χ0n) is 8.62. The van der Waals surface area contributed by atoms with Crippen molar-refractivity contribution in [2.24, 2.45) is 5.92 Å². The lowest BCUT2D eigenvalue weighted by Crippen LogP contribution is -2.32. The summed E-state index contributed by atoms with van der Waals surface area (Å²) in [5.74, 6) is 0.645. The molecule has 0 aromatic carbocycles. The average molecular weight is 178 g/mol. The van der Waals surface area contributed by atoms with Gasteiger partial charge < -0.3 is 5.32 Å². The van der Waals surface area contributed by atoms with Crippen molar-refractivity contribution >= 4 is 0 Å². The Hall–Kier alpha value is -0.890. The molecule has 0 aliphatic rings. The molecule has 0 aliphatic carbocycles. The van der Waals surface area contributed by atoms with Crippen molar-refractivity contribution in [1.82, 2.24) is 10.3 Å². The molecule has 0 spiro atoms. The van der Waals surface area contributed by atoms with Crippen LogP contribution in [0.5, 0.6) is 0 Å². The van der Waals surface area contributed by atoms with Gasteiger partial charge in [0.05, 0.1) is 0 Å². The van der Waals surface area contributed by atoms with Crippen LogP contribution in [0.2, 0.25) is 0 Å². The summed E-state index contributed by atoms with van der Waals surface area (Å²) < 4.78 is 0. The van der Waals surface area contributed by atoms with Crippen molar-refractivity contribution < 1.29 is 0 Å². The highest BCUT2D eigenvalue weighted by atomic mass is 14.9. The van der Waals surface area contributed by atoms with Crippen molar-refractivity contribution in [3.63, 3.8) is 0 Å². The number of aromatic nitrogens is 1. The summed E-state index contributed by atoms with van der Waals surface area (Å²) >= 11 is 0. The topological polar surface area (TPSA) is 24.9 Å². The first-order valence-corrected chi connectivity index (χ1v) is 4.81. The smallest absolute Gasteiger partial charge is 0.0419 e. The molecule has 1 unspecified atom stereocenters. The van der Waals surface area contributed by atoms with E-state index in [0.29, 0.717) is 12.0 Å². The van der Waals surface area contributed by atoms with E-state index in [9.17, 15) is 0 Å². The molecule has 1 aromatic heterocycles. The molecule has 0 amide bonds. The maximum Gasteiger partial charge on any atom is 0.0419 e. The molecule has 0 saturated carbocycles. The van der Waals surface area contributed by atoms with Crippen LogP contribution < -0.4 is 5.32 Å². The molecule has 1 heterocycles.